The summed E-state index contributed by atoms with van der Waals surface area (Å²) in [6.45, 7) is 11.1. The molecule has 1 heterocycles. The van der Waals surface area contributed by atoms with Crippen molar-refractivity contribution in [3.05, 3.63) is 10.1 Å². The van der Waals surface area contributed by atoms with Crippen molar-refractivity contribution in [3.8, 4) is 0 Å². The van der Waals surface area contributed by atoms with Crippen molar-refractivity contribution in [1.29, 1.82) is 0 Å². The van der Waals surface area contributed by atoms with Gasteiger partial charge in [0, 0.05) is 18.0 Å². The zero-order chi connectivity index (χ0) is 17.1. The van der Waals surface area contributed by atoms with Crippen molar-refractivity contribution >= 4 is 14.4 Å². The standard InChI is InChI=1S/C14H28N2O5Si/c1-14(2,3)22(4,5)21-12(10-16(19)20)11-6-8-15(9-7-11)13(17)18/h11-12H,6-10H2,1-5H3,(H,17,18). The Bertz CT molecular complexity index is 414. The van der Waals surface area contributed by atoms with Crippen LogP contribution in [0.25, 0.3) is 0 Å². The lowest BCUT2D eigenvalue weighted by Crippen LogP contribution is -2.50. The van der Waals surface area contributed by atoms with E-state index in [1.165, 1.54) is 4.90 Å². The van der Waals surface area contributed by atoms with Gasteiger partial charge < -0.3 is 14.4 Å². The molecule has 1 aliphatic rings. The smallest absolute Gasteiger partial charge is 0.407 e. The number of rotatable bonds is 5. The Labute approximate surface area is 132 Å². The van der Waals surface area contributed by atoms with Gasteiger partial charge in [-0.1, -0.05) is 20.8 Å². The first-order valence-electron chi connectivity index (χ1n) is 7.71. The molecule has 1 amide bonds. The third kappa shape index (κ3) is 4.94. The molecule has 1 unspecified atom stereocenters. The average Bonchev–Trinajstić information content (AvgIpc) is 2.36. The molecule has 0 spiro atoms. The molecule has 1 saturated heterocycles. The van der Waals surface area contributed by atoms with Gasteiger partial charge in [-0.3, -0.25) is 10.1 Å². The van der Waals surface area contributed by atoms with Crippen molar-refractivity contribution in [2.24, 2.45) is 5.92 Å². The number of piperidine rings is 1. The molecule has 0 saturated carbocycles. The van der Waals surface area contributed by atoms with E-state index in [1.807, 2.05) is 0 Å². The second-order valence-electron chi connectivity index (χ2n) is 7.54. The van der Waals surface area contributed by atoms with Crippen molar-refractivity contribution < 1.29 is 19.3 Å². The number of nitro groups is 1. The molecule has 22 heavy (non-hydrogen) atoms. The Kier molecular flexibility index (Phi) is 5.97. The van der Waals surface area contributed by atoms with Crippen LogP contribution >= 0.6 is 0 Å². The summed E-state index contributed by atoms with van der Waals surface area (Å²) in [5, 5.41) is 20.0. The molecule has 0 aromatic rings. The molecule has 1 fully saturated rings. The highest BCUT2D eigenvalue weighted by atomic mass is 28.4. The van der Waals surface area contributed by atoms with Crippen LogP contribution in [0.3, 0.4) is 0 Å². The van der Waals surface area contributed by atoms with Crippen LogP contribution in [0.15, 0.2) is 0 Å². The maximum absolute atomic E-state index is 11.0. The van der Waals surface area contributed by atoms with E-state index in [2.05, 4.69) is 33.9 Å². The minimum Gasteiger partial charge on any atom is -0.465 e. The van der Waals surface area contributed by atoms with E-state index in [0.717, 1.165) is 0 Å². The Hall–Kier alpha value is -1.15. The lowest BCUT2D eigenvalue weighted by molar-refractivity contribution is -0.491. The molecule has 1 rings (SSSR count). The number of carbonyl (C=O) groups is 1. The van der Waals surface area contributed by atoms with Gasteiger partial charge in [-0.2, -0.15) is 0 Å². The molecule has 0 radical (unpaired) electrons. The first kappa shape index (κ1) is 18.9. The van der Waals surface area contributed by atoms with E-state index >= 15 is 0 Å². The molecule has 8 heteroatoms. The van der Waals surface area contributed by atoms with Gasteiger partial charge >= 0.3 is 6.09 Å². The molecule has 1 aliphatic heterocycles. The van der Waals surface area contributed by atoms with Gasteiger partial charge in [0.15, 0.2) is 8.32 Å². The first-order chi connectivity index (χ1) is 9.94. The number of carboxylic acid groups (broad SMARTS) is 1. The largest absolute Gasteiger partial charge is 0.465 e. The van der Waals surface area contributed by atoms with Crippen molar-refractivity contribution in [1.82, 2.24) is 4.90 Å². The Morgan fingerprint density at radius 1 is 1.41 bits per heavy atom. The lowest BCUT2D eigenvalue weighted by Gasteiger charge is -2.41. The zero-order valence-electron chi connectivity index (χ0n) is 14.2. The zero-order valence-corrected chi connectivity index (χ0v) is 15.2. The molecular formula is C14H28N2O5Si. The molecule has 0 aliphatic carbocycles. The SMILES string of the molecule is CC(C)(C)[Si](C)(C)OC(C[N+](=O)[O-])C1CCN(C(=O)O)CC1. The number of amides is 1. The van der Waals surface area contributed by atoms with E-state index in [4.69, 9.17) is 9.53 Å². The highest BCUT2D eigenvalue weighted by Crippen LogP contribution is 2.39. The van der Waals surface area contributed by atoms with Gasteiger partial charge in [-0.25, -0.2) is 4.79 Å². The highest BCUT2D eigenvalue weighted by molar-refractivity contribution is 6.74. The first-order valence-corrected chi connectivity index (χ1v) is 10.6. The van der Waals surface area contributed by atoms with Crippen LogP contribution in [-0.2, 0) is 4.43 Å². The van der Waals surface area contributed by atoms with Crippen LogP contribution in [-0.4, -0.2) is 55.1 Å². The summed E-state index contributed by atoms with van der Waals surface area (Å²) in [6.07, 6.45) is -0.0970. The maximum Gasteiger partial charge on any atom is 0.407 e. The molecule has 0 aromatic heterocycles. The number of hydrogen-bond acceptors (Lipinski definition) is 4. The van der Waals surface area contributed by atoms with Crippen LogP contribution in [0, 0.1) is 16.0 Å². The molecular weight excluding hydrogens is 304 g/mol. The Morgan fingerprint density at radius 3 is 2.27 bits per heavy atom. The fourth-order valence-electron chi connectivity index (χ4n) is 2.45. The fraction of sp³-hybridized carbons (Fsp3) is 0.929. The topological polar surface area (TPSA) is 92.9 Å². The molecule has 128 valence electrons. The van der Waals surface area contributed by atoms with Crippen LogP contribution in [0.5, 0.6) is 0 Å². The third-order valence-corrected chi connectivity index (χ3v) is 9.42. The Balaban J connectivity index is 2.78. The van der Waals surface area contributed by atoms with Crippen molar-refractivity contribution in [3.63, 3.8) is 0 Å². The number of likely N-dealkylation sites (tertiary alicyclic amines) is 1. The van der Waals surface area contributed by atoms with Gasteiger partial charge in [0.1, 0.15) is 6.10 Å². The third-order valence-electron chi connectivity index (χ3n) is 4.92. The van der Waals surface area contributed by atoms with Gasteiger partial charge in [-0.05, 0) is 36.9 Å². The van der Waals surface area contributed by atoms with Gasteiger partial charge in [0.2, 0.25) is 6.54 Å². The van der Waals surface area contributed by atoms with Crippen LogP contribution in [0.4, 0.5) is 4.79 Å². The van der Waals surface area contributed by atoms with Crippen molar-refractivity contribution in [2.75, 3.05) is 19.6 Å². The maximum atomic E-state index is 11.0. The fourth-order valence-corrected chi connectivity index (χ4v) is 3.82. The summed E-state index contributed by atoms with van der Waals surface area (Å²) in [5.41, 5.74) is 0. The number of nitrogens with zero attached hydrogens (tertiary/aromatic N) is 2. The highest BCUT2D eigenvalue weighted by Gasteiger charge is 2.42. The predicted molar refractivity (Wildman–Crippen MR) is 86.3 cm³/mol. The van der Waals surface area contributed by atoms with E-state index in [9.17, 15) is 14.9 Å². The minimum absolute atomic E-state index is 0.0103. The molecule has 0 bridgehead atoms. The van der Waals surface area contributed by atoms with Crippen molar-refractivity contribution in [2.45, 2.75) is 57.8 Å². The molecule has 7 nitrogen and oxygen atoms in total. The molecule has 0 aromatic carbocycles. The summed E-state index contributed by atoms with van der Waals surface area (Å²) in [6, 6.07) is 0. The average molecular weight is 332 g/mol. The van der Waals surface area contributed by atoms with E-state index in [-0.39, 0.29) is 22.4 Å². The lowest BCUT2D eigenvalue weighted by atomic mass is 9.91. The van der Waals surface area contributed by atoms with E-state index < -0.39 is 20.5 Å². The summed E-state index contributed by atoms with van der Waals surface area (Å²) < 4.78 is 6.28. The number of hydrogen-bond donors (Lipinski definition) is 1. The quantitative estimate of drug-likeness (QED) is 0.474. The second-order valence-corrected chi connectivity index (χ2v) is 12.3. The van der Waals surface area contributed by atoms with Gasteiger partial charge in [0.05, 0.1) is 0 Å². The summed E-state index contributed by atoms with van der Waals surface area (Å²) in [5.74, 6) is 0.0510. The van der Waals surface area contributed by atoms with Crippen LogP contribution in [0.1, 0.15) is 33.6 Å². The predicted octanol–water partition coefficient (Wildman–Crippen LogP) is 3.04. The molecule has 1 N–H and O–H groups in total. The minimum atomic E-state index is -2.09. The summed E-state index contributed by atoms with van der Waals surface area (Å²) in [7, 11) is -2.09. The van der Waals surface area contributed by atoms with Gasteiger partial charge in [0.25, 0.3) is 0 Å². The second kappa shape index (κ2) is 6.95. The van der Waals surface area contributed by atoms with E-state index in [1.54, 1.807) is 0 Å². The van der Waals surface area contributed by atoms with Gasteiger partial charge in [-0.15, -0.1) is 0 Å². The Morgan fingerprint density at radius 2 is 1.91 bits per heavy atom. The molecule has 1 atom stereocenters. The van der Waals surface area contributed by atoms with Crippen LogP contribution in [0.2, 0.25) is 18.1 Å². The van der Waals surface area contributed by atoms with Crippen LogP contribution < -0.4 is 0 Å². The normalized spacial score (nSPS) is 19.0. The van der Waals surface area contributed by atoms with E-state index in [0.29, 0.717) is 25.9 Å². The monoisotopic (exact) mass is 332 g/mol. The summed E-state index contributed by atoms with van der Waals surface area (Å²) in [4.78, 5) is 23.0. The summed E-state index contributed by atoms with van der Waals surface area (Å²) >= 11 is 0.